The first kappa shape index (κ1) is 26.1. The van der Waals surface area contributed by atoms with Gasteiger partial charge in [-0.3, -0.25) is 4.79 Å². The number of carbonyl (C=O) groups excluding carboxylic acids is 2. The quantitative estimate of drug-likeness (QED) is 0.369. The second-order valence-electron chi connectivity index (χ2n) is 10.8. The Bertz CT molecular complexity index is 1510. The lowest BCUT2D eigenvalue weighted by Crippen LogP contribution is -2.40. The Hall–Kier alpha value is -4.54. The third-order valence-corrected chi connectivity index (χ3v) is 6.27. The SMILES string of the molecule is CC(C)c1cnn2ccc(-c3ccnc(Nc4ccc(N5CC(NC(=O)OC(C)(C)C)CC5=O)cn4)n3)cc12. The van der Waals surface area contributed by atoms with Gasteiger partial charge in [0.15, 0.2) is 0 Å². The van der Waals surface area contributed by atoms with Crippen LogP contribution >= 0.6 is 0 Å². The van der Waals surface area contributed by atoms with E-state index in [0.717, 1.165) is 16.8 Å². The average molecular weight is 529 g/mol. The van der Waals surface area contributed by atoms with Crippen LogP contribution in [0.4, 0.5) is 22.2 Å². The van der Waals surface area contributed by atoms with Crippen LogP contribution in [0.3, 0.4) is 0 Å². The van der Waals surface area contributed by atoms with Gasteiger partial charge < -0.3 is 20.3 Å². The zero-order valence-corrected chi connectivity index (χ0v) is 22.7. The molecule has 0 aliphatic carbocycles. The summed E-state index contributed by atoms with van der Waals surface area (Å²) in [6.07, 6.45) is 6.81. The molecule has 4 aromatic rings. The zero-order valence-electron chi connectivity index (χ0n) is 22.7. The number of aromatic nitrogens is 5. The molecule has 39 heavy (non-hydrogen) atoms. The topological polar surface area (TPSA) is 127 Å². The minimum Gasteiger partial charge on any atom is -0.444 e. The fraction of sp³-hybridized carbons (Fsp3) is 0.357. The number of rotatable bonds is 6. The van der Waals surface area contributed by atoms with Crippen molar-refractivity contribution < 1.29 is 14.3 Å². The summed E-state index contributed by atoms with van der Waals surface area (Å²) in [6.45, 7) is 10.0. The Balaban J connectivity index is 1.26. The number of nitrogens with one attached hydrogen (secondary N) is 2. The van der Waals surface area contributed by atoms with Crippen molar-refractivity contribution in [3.05, 3.63) is 60.7 Å². The zero-order chi connectivity index (χ0) is 27.7. The van der Waals surface area contributed by atoms with E-state index in [1.165, 1.54) is 5.56 Å². The highest BCUT2D eigenvalue weighted by molar-refractivity contribution is 5.96. The summed E-state index contributed by atoms with van der Waals surface area (Å²) >= 11 is 0. The highest BCUT2D eigenvalue weighted by atomic mass is 16.6. The molecule has 1 saturated heterocycles. The van der Waals surface area contributed by atoms with Crippen LogP contribution in [-0.4, -0.2) is 54.8 Å². The van der Waals surface area contributed by atoms with Crippen molar-refractivity contribution >= 4 is 35.0 Å². The van der Waals surface area contributed by atoms with Gasteiger partial charge >= 0.3 is 6.09 Å². The van der Waals surface area contributed by atoms with Crippen molar-refractivity contribution in [3.63, 3.8) is 0 Å². The van der Waals surface area contributed by atoms with E-state index in [0.29, 0.717) is 29.9 Å². The summed E-state index contributed by atoms with van der Waals surface area (Å²) < 4.78 is 7.16. The lowest BCUT2D eigenvalue weighted by molar-refractivity contribution is -0.117. The lowest BCUT2D eigenvalue weighted by Gasteiger charge is -2.22. The molecule has 0 radical (unpaired) electrons. The van der Waals surface area contributed by atoms with E-state index in [4.69, 9.17) is 4.74 Å². The summed E-state index contributed by atoms with van der Waals surface area (Å²) in [6, 6.07) is 9.15. The molecule has 0 aromatic carbocycles. The van der Waals surface area contributed by atoms with Crippen LogP contribution in [0.25, 0.3) is 16.8 Å². The highest BCUT2D eigenvalue weighted by Crippen LogP contribution is 2.26. The second kappa shape index (κ2) is 10.3. The number of alkyl carbamates (subject to hydrolysis) is 1. The third kappa shape index (κ3) is 5.97. The molecule has 0 saturated carbocycles. The lowest BCUT2D eigenvalue weighted by atomic mass is 10.0. The van der Waals surface area contributed by atoms with Crippen LogP contribution in [-0.2, 0) is 9.53 Å². The molecule has 0 spiro atoms. The van der Waals surface area contributed by atoms with Gasteiger partial charge in [0.05, 0.1) is 35.3 Å². The second-order valence-corrected chi connectivity index (χ2v) is 10.8. The molecule has 1 aliphatic heterocycles. The van der Waals surface area contributed by atoms with E-state index in [1.807, 2.05) is 29.0 Å². The van der Waals surface area contributed by atoms with E-state index >= 15 is 0 Å². The number of pyridine rings is 2. The van der Waals surface area contributed by atoms with Gasteiger partial charge in [-0.1, -0.05) is 13.8 Å². The molecular weight excluding hydrogens is 496 g/mol. The molecule has 5 rings (SSSR count). The van der Waals surface area contributed by atoms with E-state index in [9.17, 15) is 9.59 Å². The largest absolute Gasteiger partial charge is 0.444 e. The first-order valence-electron chi connectivity index (χ1n) is 12.9. The molecule has 11 heteroatoms. The number of nitrogens with zero attached hydrogens (tertiary/aromatic N) is 6. The van der Waals surface area contributed by atoms with Crippen LogP contribution in [0, 0.1) is 0 Å². The number of hydrogen-bond donors (Lipinski definition) is 2. The minimum absolute atomic E-state index is 0.0922. The Labute approximate surface area is 226 Å². The van der Waals surface area contributed by atoms with Gasteiger partial charge in [-0.15, -0.1) is 0 Å². The summed E-state index contributed by atoms with van der Waals surface area (Å²) in [4.78, 5) is 39.7. The van der Waals surface area contributed by atoms with E-state index in [1.54, 1.807) is 50.2 Å². The smallest absolute Gasteiger partial charge is 0.407 e. The van der Waals surface area contributed by atoms with Crippen molar-refractivity contribution in [1.29, 1.82) is 0 Å². The number of hydrogen-bond acceptors (Lipinski definition) is 8. The van der Waals surface area contributed by atoms with E-state index in [2.05, 4.69) is 50.6 Å². The molecule has 2 amide bonds. The number of ether oxygens (including phenoxy) is 1. The molecule has 11 nitrogen and oxygen atoms in total. The van der Waals surface area contributed by atoms with Crippen molar-refractivity contribution in [3.8, 4) is 11.3 Å². The van der Waals surface area contributed by atoms with Crippen LogP contribution in [0.15, 0.2) is 55.1 Å². The maximum Gasteiger partial charge on any atom is 0.407 e. The standard InChI is InChI=1S/C28H32N8O3/c1-17(2)21-15-31-36-11-9-18(12-23(21)36)22-8-10-29-26(33-22)34-24-7-6-20(14-30-24)35-16-19(13-25(35)37)32-27(38)39-28(3,4)5/h6-12,14-15,17,19H,13,16H2,1-5H3,(H,32,38)(H,29,30,33,34). The van der Waals surface area contributed by atoms with Gasteiger partial charge in [0, 0.05) is 36.5 Å². The van der Waals surface area contributed by atoms with Crippen LogP contribution in [0.5, 0.6) is 0 Å². The molecule has 1 atom stereocenters. The van der Waals surface area contributed by atoms with Crippen molar-refractivity contribution in [2.75, 3.05) is 16.8 Å². The van der Waals surface area contributed by atoms with Crippen LogP contribution in [0.2, 0.25) is 0 Å². The van der Waals surface area contributed by atoms with Crippen molar-refractivity contribution in [2.24, 2.45) is 0 Å². The highest BCUT2D eigenvalue weighted by Gasteiger charge is 2.32. The van der Waals surface area contributed by atoms with Crippen molar-refractivity contribution in [2.45, 2.75) is 58.6 Å². The van der Waals surface area contributed by atoms with Crippen LogP contribution in [0.1, 0.15) is 52.5 Å². The van der Waals surface area contributed by atoms with E-state index < -0.39 is 11.7 Å². The summed E-state index contributed by atoms with van der Waals surface area (Å²) in [5.74, 6) is 1.21. The molecule has 1 aliphatic rings. The molecule has 1 fully saturated rings. The molecule has 2 N–H and O–H groups in total. The summed E-state index contributed by atoms with van der Waals surface area (Å²) in [7, 11) is 0. The van der Waals surface area contributed by atoms with Gasteiger partial charge in [-0.2, -0.15) is 5.10 Å². The normalized spacial score (nSPS) is 15.7. The van der Waals surface area contributed by atoms with E-state index in [-0.39, 0.29) is 18.4 Å². The maximum atomic E-state index is 12.6. The number of anilines is 3. The predicted molar refractivity (Wildman–Crippen MR) is 148 cm³/mol. The number of fused-ring (bicyclic) bond motifs is 1. The van der Waals surface area contributed by atoms with Gasteiger partial charge in [-0.05, 0) is 57.0 Å². The van der Waals surface area contributed by atoms with Gasteiger partial charge in [0.2, 0.25) is 11.9 Å². The molecular formula is C28H32N8O3. The average Bonchev–Trinajstić information content (AvgIpc) is 3.46. The number of amides is 2. The summed E-state index contributed by atoms with van der Waals surface area (Å²) in [5.41, 5.74) is 4.00. The fourth-order valence-corrected chi connectivity index (χ4v) is 4.45. The monoisotopic (exact) mass is 528 g/mol. The molecule has 1 unspecified atom stereocenters. The Morgan fingerprint density at radius 2 is 1.95 bits per heavy atom. The van der Waals surface area contributed by atoms with Gasteiger partial charge in [0.25, 0.3) is 0 Å². The van der Waals surface area contributed by atoms with Gasteiger partial charge in [-0.25, -0.2) is 24.3 Å². The third-order valence-electron chi connectivity index (χ3n) is 6.27. The van der Waals surface area contributed by atoms with Gasteiger partial charge in [0.1, 0.15) is 11.4 Å². The Morgan fingerprint density at radius 3 is 2.67 bits per heavy atom. The first-order valence-corrected chi connectivity index (χ1v) is 12.9. The van der Waals surface area contributed by atoms with Crippen LogP contribution < -0.4 is 15.5 Å². The fourth-order valence-electron chi connectivity index (χ4n) is 4.45. The molecule has 4 aromatic heterocycles. The minimum atomic E-state index is -0.604. The predicted octanol–water partition coefficient (Wildman–Crippen LogP) is 4.68. The molecule has 5 heterocycles. The van der Waals surface area contributed by atoms with Crippen molar-refractivity contribution in [1.82, 2.24) is 29.9 Å². The first-order chi connectivity index (χ1) is 18.6. The molecule has 0 bridgehead atoms. The Kier molecular flexibility index (Phi) is 6.90. The maximum absolute atomic E-state index is 12.6. The summed E-state index contributed by atoms with van der Waals surface area (Å²) in [5, 5.41) is 10.3. The Morgan fingerprint density at radius 1 is 1.13 bits per heavy atom. The number of carbonyl (C=O) groups is 2. The molecule has 202 valence electrons.